The molecule has 0 radical (unpaired) electrons. The Morgan fingerprint density at radius 2 is 1.38 bits per heavy atom. The molecule has 0 bridgehead atoms. The van der Waals surface area contributed by atoms with Gasteiger partial charge >= 0.3 is 0 Å². The molecule has 0 aliphatic heterocycles. The lowest BCUT2D eigenvalue weighted by Crippen LogP contribution is -2.42. The van der Waals surface area contributed by atoms with E-state index in [1.165, 1.54) is 7.11 Å². The van der Waals surface area contributed by atoms with Crippen molar-refractivity contribution in [3.63, 3.8) is 0 Å². The zero-order valence-electron chi connectivity index (χ0n) is 11.3. The van der Waals surface area contributed by atoms with Crippen LogP contribution in [0.4, 0.5) is 0 Å². The Balaban J connectivity index is 0. The number of ether oxygens (including phenoxy) is 1. The van der Waals surface area contributed by atoms with Gasteiger partial charge < -0.3 is 4.74 Å². The number of methoxy groups -OCH3 is 1. The third-order valence-electron chi connectivity index (χ3n) is 2.72. The van der Waals surface area contributed by atoms with Crippen molar-refractivity contribution < 1.29 is 14.3 Å². The minimum atomic E-state index is -1.16. The van der Waals surface area contributed by atoms with Crippen LogP contribution in [0.5, 0.6) is 0 Å². The van der Waals surface area contributed by atoms with Gasteiger partial charge in [-0.1, -0.05) is 40.5 Å². The fraction of sp³-hybridized carbons (Fsp3) is 0.846. The molecule has 0 N–H and O–H groups in total. The van der Waals surface area contributed by atoms with Crippen LogP contribution in [-0.4, -0.2) is 25.3 Å². The Labute approximate surface area is 99.6 Å². The summed E-state index contributed by atoms with van der Waals surface area (Å²) in [5, 5.41) is 0. The highest BCUT2D eigenvalue weighted by atomic mass is 16.5. The van der Waals surface area contributed by atoms with Gasteiger partial charge in [-0.25, -0.2) is 0 Å². The van der Waals surface area contributed by atoms with Crippen LogP contribution in [0, 0.1) is 5.92 Å². The van der Waals surface area contributed by atoms with E-state index in [-0.39, 0.29) is 5.92 Å². The van der Waals surface area contributed by atoms with Crippen molar-refractivity contribution in [1.82, 2.24) is 0 Å². The van der Waals surface area contributed by atoms with E-state index in [1.54, 1.807) is 0 Å². The fourth-order valence-corrected chi connectivity index (χ4v) is 1.86. The van der Waals surface area contributed by atoms with Crippen LogP contribution in [-0.2, 0) is 14.3 Å². The molecule has 0 unspecified atom stereocenters. The lowest BCUT2D eigenvalue weighted by Gasteiger charge is -2.26. The third kappa shape index (κ3) is 4.44. The van der Waals surface area contributed by atoms with Gasteiger partial charge in [-0.2, -0.15) is 0 Å². The predicted octanol–water partition coefficient (Wildman–Crippen LogP) is 3.01. The van der Waals surface area contributed by atoms with Crippen molar-refractivity contribution in [2.24, 2.45) is 5.92 Å². The van der Waals surface area contributed by atoms with E-state index in [9.17, 15) is 9.59 Å². The number of aldehydes is 2. The van der Waals surface area contributed by atoms with Gasteiger partial charge in [0.25, 0.3) is 0 Å². The molecule has 0 aromatic heterocycles. The second-order valence-corrected chi connectivity index (χ2v) is 3.27. The summed E-state index contributed by atoms with van der Waals surface area (Å²) in [6.07, 6.45) is 5.30. The van der Waals surface area contributed by atoms with Crippen molar-refractivity contribution in [2.45, 2.75) is 59.0 Å². The van der Waals surface area contributed by atoms with Crippen molar-refractivity contribution >= 4 is 12.6 Å². The molecule has 0 amide bonds. The SMILES string of the molecule is CC.CC.COC(C=O)(C=O)C1CCCC1. The van der Waals surface area contributed by atoms with Gasteiger partial charge in [0, 0.05) is 13.0 Å². The summed E-state index contributed by atoms with van der Waals surface area (Å²) in [6.45, 7) is 8.00. The zero-order valence-corrected chi connectivity index (χ0v) is 11.3. The molecule has 0 heterocycles. The Morgan fingerprint density at radius 3 is 1.62 bits per heavy atom. The molecule has 16 heavy (non-hydrogen) atoms. The first-order valence-corrected chi connectivity index (χ1v) is 6.27. The van der Waals surface area contributed by atoms with E-state index in [1.807, 2.05) is 27.7 Å². The maximum atomic E-state index is 10.7. The number of carbonyl (C=O) groups excluding carboxylic acids is 2. The summed E-state index contributed by atoms with van der Waals surface area (Å²) < 4.78 is 4.98. The summed E-state index contributed by atoms with van der Waals surface area (Å²) in [5.74, 6) is 0.0949. The lowest BCUT2D eigenvalue weighted by molar-refractivity contribution is -0.144. The Morgan fingerprint density at radius 1 is 1.00 bits per heavy atom. The molecule has 96 valence electrons. The van der Waals surface area contributed by atoms with Crippen LogP contribution in [0.3, 0.4) is 0 Å². The summed E-state index contributed by atoms with van der Waals surface area (Å²) in [6, 6.07) is 0. The summed E-state index contributed by atoms with van der Waals surface area (Å²) in [7, 11) is 1.42. The minimum Gasteiger partial charge on any atom is -0.363 e. The van der Waals surface area contributed by atoms with Gasteiger partial charge in [0.2, 0.25) is 0 Å². The third-order valence-corrected chi connectivity index (χ3v) is 2.72. The Kier molecular flexibility index (Phi) is 11.9. The summed E-state index contributed by atoms with van der Waals surface area (Å²) in [5.41, 5.74) is -1.16. The van der Waals surface area contributed by atoms with Crippen LogP contribution in [0.15, 0.2) is 0 Å². The fourth-order valence-electron chi connectivity index (χ4n) is 1.86. The van der Waals surface area contributed by atoms with E-state index in [0.29, 0.717) is 12.6 Å². The Bertz CT molecular complexity index is 164. The van der Waals surface area contributed by atoms with Gasteiger partial charge in [-0.3, -0.25) is 9.59 Å². The topological polar surface area (TPSA) is 43.4 Å². The van der Waals surface area contributed by atoms with Crippen molar-refractivity contribution in [1.29, 1.82) is 0 Å². The molecule has 0 saturated heterocycles. The average Bonchev–Trinajstić information content (AvgIpc) is 2.92. The average molecular weight is 230 g/mol. The maximum Gasteiger partial charge on any atom is 0.180 e. The predicted molar refractivity (Wildman–Crippen MR) is 66.5 cm³/mol. The first-order chi connectivity index (χ1) is 7.79. The number of carbonyl (C=O) groups is 2. The molecule has 0 spiro atoms. The van der Waals surface area contributed by atoms with Crippen molar-refractivity contribution in [3.8, 4) is 0 Å². The molecule has 0 aromatic carbocycles. The van der Waals surface area contributed by atoms with Gasteiger partial charge in [-0.15, -0.1) is 0 Å². The second-order valence-electron chi connectivity index (χ2n) is 3.27. The van der Waals surface area contributed by atoms with E-state index < -0.39 is 5.60 Å². The van der Waals surface area contributed by atoms with Gasteiger partial charge in [0.15, 0.2) is 18.2 Å². The number of hydrogen-bond acceptors (Lipinski definition) is 3. The molecule has 1 aliphatic rings. The van der Waals surface area contributed by atoms with E-state index in [2.05, 4.69) is 0 Å². The van der Waals surface area contributed by atoms with E-state index in [4.69, 9.17) is 4.74 Å². The van der Waals surface area contributed by atoms with E-state index >= 15 is 0 Å². The van der Waals surface area contributed by atoms with Crippen molar-refractivity contribution in [2.75, 3.05) is 7.11 Å². The number of hydrogen-bond donors (Lipinski definition) is 0. The molecule has 0 atom stereocenters. The normalized spacial score (nSPS) is 15.3. The number of rotatable bonds is 4. The van der Waals surface area contributed by atoms with Crippen molar-refractivity contribution in [3.05, 3.63) is 0 Å². The molecule has 0 aromatic rings. The first-order valence-electron chi connectivity index (χ1n) is 6.27. The van der Waals surface area contributed by atoms with Gasteiger partial charge in [0.05, 0.1) is 0 Å². The maximum absolute atomic E-state index is 10.7. The molecule has 1 rings (SSSR count). The quantitative estimate of drug-likeness (QED) is 0.551. The molecule has 3 heteroatoms. The molecule has 1 saturated carbocycles. The molecule has 3 nitrogen and oxygen atoms in total. The Hall–Kier alpha value is -0.700. The second kappa shape index (κ2) is 10.8. The first kappa shape index (κ1) is 17.7. The lowest BCUT2D eigenvalue weighted by atomic mass is 9.88. The van der Waals surface area contributed by atoms with Crippen LogP contribution in [0.1, 0.15) is 53.4 Å². The van der Waals surface area contributed by atoms with Crippen LogP contribution in [0.2, 0.25) is 0 Å². The standard InChI is InChI=1S/C9H14O3.2C2H6/c1-12-9(6-10,7-11)8-4-2-3-5-8;2*1-2/h6-8H,2-5H2,1H3;2*1-2H3. The molecule has 1 fully saturated rings. The molecule has 1 aliphatic carbocycles. The highest BCUT2D eigenvalue weighted by Gasteiger charge is 2.40. The van der Waals surface area contributed by atoms with Gasteiger partial charge in [-0.05, 0) is 12.8 Å². The monoisotopic (exact) mass is 230 g/mol. The largest absolute Gasteiger partial charge is 0.363 e. The summed E-state index contributed by atoms with van der Waals surface area (Å²) in [4.78, 5) is 21.4. The highest BCUT2D eigenvalue weighted by molar-refractivity contribution is 5.88. The highest BCUT2D eigenvalue weighted by Crippen LogP contribution is 2.33. The zero-order chi connectivity index (χ0) is 13.0. The summed E-state index contributed by atoms with van der Waals surface area (Å²) >= 11 is 0. The minimum absolute atomic E-state index is 0.0949. The van der Waals surface area contributed by atoms with Crippen LogP contribution < -0.4 is 0 Å². The smallest absolute Gasteiger partial charge is 0.180 e. The van der Waals surface area contributed by atoms with Gasteiger partial charge in [0.1, 0.15) is 0 Å². The van der Waals surface area contributed by atoms with E-state index in [0.717, 1.165) is 25.7 Å². The molecular weight excluding hydrogens is 204 g/mol. The molecular formula is C13H26O3. The van der Waals surface area contributed by atoms with Crippen LogP contribution in [0.25, 0.3) is 0 Å². The van der Waals surface area contributed by atoms with Crippen LogP contribution >= 0.6 is 0 Å².